The SMILES string of the molecule is C=CC1=CCC(C(=C)C)CC1. The second kappa shape index (κ2) is 3.56. The van der Waals surface area contributed by atoms with Gasteiger partial charge in [0.1, 0.15) is 0 Å². The minimum Gasteiger partial charge on any atom is -0.0998 e. The van der Waals surface area contributed by atoms with Crippen molar-refractivity contribution < 1.29 is 0 Å². The zero-order valence-corrected chi connectivity index (χ0v) is 7.27. The summed E-state index contributed by atoms with van der Waals surface area (Å²) < 4.78 is 0. The third-order valence-electron chi connectivity index (χ3n) is 2.41. The van der Waals surface area contributed by atoms with Crippen molar-refractivity contribution in [2.24, 2.45) is 5.92 Å². The van der Waals surface area contributed by atoms with Crippen molar-refractivity contribution >= 4 is 0 Å². The monoisotopic (exact) mass is 148 g/mol. The molecular formula is C11H16. The Morgan fingerprint density at radius 3 is 2.82 bits per heavy atom. The zero-order chi connectivity index (χ0) is 8.27. The van der Waals surface area contributed by atoms with Gasteiger partial charge >= 0.3 is 0 Å². The van der Waals surface area contributed by atoms with Crippen molar-refractivity contribution in [2.75, 3.05) is 0 Å². The van der Waals surface area contributed by atoms with Crippen LogP contribution in [0.1, 0.15) is 26.2 Å². The highest BCUT2D eigenvalue weighted by Crippen LogP contribution is 2.28. The third-order valence-corrected chi connectivity index (χ3v) is 2.41. The van der Waals surface area contributed by atoms with Crippen LogP contribution < -0.4 is 0 Å². The topological polar surface area (TPSA) is 0 Å². The summed E-state index contributed by atoms with van der Waals surface area (Å²) in [5.74, 6) is 0.721. The molecule has 0 aromatic rings. The van der Waals surface area contributed by atoms with Gasteiger partial charge in [-0.1, -0.05) is 36.5 Å². The van der Waals surface area contributed by atoms with Crippen LogP contribution in [0.4, 0.5) is 0 Å². The molecule has 1 aliphatic carbocycles. The van der Waals surface area contributed by atoms with Crippen molar-refractivity contribution in [2.45, 2.75) is 26.2 Å². The molecule has 0 saturated carbocycles. The molecule has 0 N–H and O–H groups in total. The van der Waals surface area contributed by atoms with Crippen LogP contribution in [0.15, 0.2) is 36.5 Å². The first-order chi connectivity index (χ1) is 5.24. The highest BCUT2D eigenvalue weighted by atomic mass is 14.2. The molecule has 1 aliphatic rings. The van der Waals surface area contributed by atoms with Gasteiger partial charge in [0.05, 0.1) is 0 Å². The molecule has 60 valence electrons. The molecule has 0 bridgehead atoms. The van der Waals surface area contributed by atoms with Crippen LogP contribution in [0.3, 0.4) is 0 Å². The van der Waals surface area contributed by atoms with Crippen LogP contribution in [-0.2, 0) is 0 Å². The van der Waals surface area contributed by atoms with Crippen LogP contribution in [-0.4, -0.2) is 0 Å². The molecule has 0 aromatic heterocycles. The fraction of sp³-hybridized carbons (Fsp3) is 0.455. The van der Waals surface area contributed by atoms with Gasteiger partial charge in [0.2, 0.25) is 0 Å². The second-order valence-electron chi connectivity index (χ2n) is 3.30. The lowest BCUT2D eigenvalue weighted by molar-refractivity contribution is 0.545. The first kappa shape index (κ1) is 8.32. The highest BCUT2D eigenvalue weighted by molar-refractivity contribution is 5.20. The lowest BCUT2D eigenvalue weighted by Crippen LogP contribution is -2.05. The lowest BCUT2D eigenvalue weighted by Gasteiger charge is -2.20. The summed E-state index contributed by atoms with van der Waals surface area (Å²) in [5.41, 5.74) is 2.73. The summed E-state index contributed by atoms with van der Waals surface area (Å²) in [6.45, 7) is 9.86. The van der Waals surface area contributed by atoms with Crippen LogP contribution in [0, 0.1) is 5.92 Å². The van der Waals surface area contributed by atoms with Gasteiger partial charge in [-0.25, -0.2) is 0 Å². The maximum Gasteiger partial charge on any atom is -0.0171 e. The quantitative estimate of drug-likeness (QED) is 0.526. The van der Waals surface area contributed by atoms with Crippen molar-refractivity contribution in [1.82, 2.24) is 0 Å². The average molecular weight is 148 g/mol. The summed E-state index contributed by atoms with van der Waals surface area (Å²) in [4.78, 5) is 0. The fourth-order valence-electron chi connectivity index (χ4n) is 1.49. The van der Waals surface area contributed by atoms with E-state index in [-0.39, 0.29) is 0 Å². The standard InChI is InChI=1S/C11H16/c1-4-10-5-7-11(8-6-10)9(2)3/h4-5,11H,1-2,6-8H2,3H3. The number of rotatable bonds is 2. The smallest absolute Gasteiger partial charge is 0.0171 e. The molecule has 1 unspecified atom stereocenters. The van der Waals surface area contributed by atoms with E-state index in [2.05, 4.69) is 26.2 Å². The van der Waals surface area contributed by atoms with Gasteiger partial charge < -0.3 is 0 Å². The first-order valence-corrected chi connectivity index (χ1v) is 4.21. The van der Waals surface area contributed by atoms with Crippen molar-refractivity contribution in [3.8, 4) is 0 Å². The van der Waals surface area contributed by atoms with Gasteiger partial charge in [0.15, 0.2) is 0 Å². The Hall–Kier alpha value is -0.780. The molecule has 0 saturated heterocycles. The van der Waals surface area contributed by atoms with Gasteiger partial charge in [-0.15, -0.1) is 0 Å². The minimum atomic E-state index is 0.721. The molecule has 11 heavy (non-hydrogen) atoms. The largest absolute Gasteiger partial charge is 0.0998 e. The van der Waals surface area contributed by atoms with E-state index in [1.807, 2.05) is 6.08 Å². The summed E-state index contributed by atoms with van der Waals surface area (Å²) >= 11 is 0. The van der Waals surface area contributed by atoms with Gasteiger partial charge in [0, 0.05) is 0 Å². The predicted octanol–water partition coefficient (Wildman–Crippen LogP) is 3.48. The van der Waals surface area contributed by atoms with Gasteiger partial charge in [-0.3, -0.25) is 0 Å². The molecule has 0 heterocycles. The van der Waals surface area contributed by atoms with Gasteiger partial charge in [0.25, 0.3) is 0 Å². The Bertz CT molecular complexity index is 196. The minimum absolute atomic E-state index is 0.721. The van der Waals surface area contributed by atoms with Crippen molar-refractivity contribution in [1.29, 1.82) is 0 Å². The summed E-state index contributed by atoms with van der Waals surface area (Å²) in [7, 11) is 0. The molecule has 1 atom stereocenters. The Kier molecular flexibility index (Phi) is 2.70. The maximum absolute atomic E-state index is 3.97. The molecule has 0 radical (unpaired) electrons. The van der Waals surface area contributed by atoms with E-state index >= 15 is 0 Å². The lowest BCUT2D eigenvalue weighted by atomic mass is 9.86. The van der Waals surface area contributed by atoms with Crippen LogP contribution >= 0.6 is 0 Å². The van der Waals surface area contributed by atoms with E-state index in [1.54, 1.807) is 0 Å². The summed E-state index contributed by atoms with van der Waals surface area (Å²) in [6.07, 6.45) is 7.86. The zero-order valence-electron chi connectivity index (χ0n) is 7.27. The van der Waals surface area contributed by atoms with Crippen molar-refractivity contribution in [3.05, 3.63) is 36.5 Å². The van der Waals surface area contributed by atoms with E-state index in [9.17, 15) is 0 Å². The molecule has 0 aromatic carbocycles. The molecule has 0 aliphatic heterocycles. The molecule has 0 heteroatoms. The number of hydrogen-bond donors (Lipinski definition) is 0. The normalized spacial score (nSPS) is 24.1. The molecule has 0 amide bonds. The summed E-state index contributed by atoms with van der Waals surface area (Å²) in [6, 6.07) is 0. The Morgan fingerprint density at radius 1 is 1.73 bits per heavy atom. The predicted molar refractivity (Wildman–Crippen MR) is 50.4 cm³/mol. The Morgan fingerprint density at radius 2 is 2.45 bits per heavy atom. The Labute approximate surface area is 69.3 Å². The van der Waals surface area contributed by atoms with Gasteiger partial charge in [-0.05, 0) is 32.1 Å². The van der Waals surface area contributed by atoms with E-state index < -0.39 is 0 Å². The highest BCUT2D eigenvalue weighted by Gasteiger charge is 2.12. The third kappa shape index (κ3) is 2.07. The molecule has 1 rings (SSSR count). The van der Waals surface area contributed by atoms with Crippen LogP contribution in [0.2, 0.25) is 0 Å². The van der Waals surface area contributed by atoms with E-state index in [0.29, 0.717) is 0 Å². The van der Waals surface area contributed by atoms with Crippen LogP contribution in [0.5, 0.6) is 0 Å². The molecular weight excluding hydrogens is 132 g/mol. The maximum atomic E-state index is 3.97. The number of allylic oxidation sites excluding steroid dienone is 4. The second-order valence-corrected chi connectivity index (χ2v) is 3.30. The summed E-state index contributed by atoms with van der Waals surface area (Å²) in [5, 5.41) is 0. The molecule has 0 nitrogen and oxygen atoms in total. The average Bonchev–Trinajstić information content (AvgIpc) is 2.05. The Balaban J connectivity index is 2.54. The van der Waals surface area contributed by atoms with E-state index in [0.717, 1.165) is 12.3 Å². The van der Waals surface area contributed by atoms with Crippen molar-refractivity contribution in [3.63, 3.8) is 0 Å². The van der Waals surface area contributed by atoms with Crippen LogP contribution in [0.25, 0.3) is 0 Å². The molecule has 0 spiro atoms. The first-order valence-electron chi connectivity index (χ1n) is 4.21. The fourth-order valence-corrected chi connectivity index (χ4v) is 1.49. The van der Waals surface area contributed by atoms with Gasteiger partial charge in [-0.2, -0.15) is 0 Å². The molecule has 0 fully saturated rings. The van der Waals surface area contributed by atoms with E-state index in [4.69, 9.17) is 0 Å². The van der Waals surface area contributed by atoms with E-state index in [1.165, 1.54) is 24.0 Å². The number of hydrogen-bond acceptors (Lipinski definition) is 0.